The van der Waals surface area contributed by atoms with Crippen LogP contribution in [0.25, 0.3) is 43.8 Å². The van der Waals surface area contributed by atoms with Crippen molar-refractivity contribution in [2.75, 3.05) is 0 Å². The first kappa shape index (κ1) is 35.3. The number of hydrogen-bond donors (Lipinski definition) is 0. The first-order valence-corrected chi connectivity index (χ1v) is 14.8. The van der Waals surface area contributed by atoms with Gasteiger partial charge in [-0.05, 0) is 51.6 Å². The van der Waals surface area contributed by atoms with Crippen molar-refractivity contribution in [2.24, 2.45) is 0 Å². The molecule has 0 saturated carbocycles. The maximum absolute atomic E-state index is 3.67. The van der Waals surface area contributed by atoms with Crippen LogP contribution in [-0.4, -0.2) is 0 Å². The van der Waals surface area contributed by atoms with Crippen LogP contribution in [0.15, 0.2) is 103 Å². The summed E-state index contributed by atoms with van der Waals surface area (Å²) in [5.41, 5.74) is 12.7. The van der Waals surface area contributed by atoms with E-state index in [1.54, 1.807) is 0 Å². The molecule has 0 spiro atoms. The molecule has 0 nitrogen and oxygen atoms in total. The molecule has 0 atom stereocenters. The second-order valence-electron chi connectivity index (χ2n) is 13.6. The summed E-state index contributed by atoms with van der Waals surface area (Å²) in [6, 6.07) is 41.3. The molecule has 6 aromatic carbocycles. The van der Waals surface area contributed by atoms with Gasteiger partial charge in [-0.3, -0.25) is 0 Å². The minimum atomic E-state index is 0. The minimum absolute atomic E-state index is 0. The van der Waals surface area contributed by atoms with Gasteiger partial charge in [-0.1, -0.05) is 113 Å². The van der Waals surface area contributed by atoms with E-state index < -0.39 is 0 Å². The van der Waals surface area contributed by atoms with Crippen molar-refractivity contribution in [2.45, 2.75) is 65.7 Å². The summed E-state index contributed by atoms with van der Waals surface area (Å²) in [7, 11) is 0. The third-order valence-corrected chi connectivity index (χ3v) is 8.57. The van der Waals surface area contributed by atoms with Crippen LogP contribution in [0, 0.1) is 27.8 Å². The molecule has 1 aliphatic rings. The number of aryl methyl sites for hydroxylation is 1. The van der Waals surface area contributed by atoms with Crippen LogP contribution < -0.4 is 0 Å². The van der Waals surface area contributed by atoms with Gasteiger partial charge < -0.3 is 14.9 Å². The number of hydrogen-bond acceptors (Lipinski definition) is 0. The van der Waals surface area contributed by atoms with Crippen LogP contribution in [0.3, 0.4) is 0 Å². The van der Waals surface area contributed by atoms with Crippen LogP contribution in [0.1, 0.15) is 69.4 Å². The first-order valence-electron chi connectivity index (χ1n) is 14.8. The molecular formula is C43H46Zr. The summed E-state index contributed by atoms with van der Waals surface area (Å²) in [5.74, 6) is 0. The Morgan fingerprint density at radius 3 is 2.00 bits per heavy atom. The third kappa shape index (κ3) is 6.74. The van der Waals surface area contributed by atoms with Gasteiger partial charge in [-0.15, -0.1) is 57.8 Å². The molecule has 0 radical (unpaired) electrons. The molecule has 0 unspecified atom stereocenters. The van der Waals surface area contributed by atoms with E-state index >= 15 is 0 Å². The van der Waals surface area contributed by atoms with Gasteiger partial charge in [0.1, 0.15) is 0 Å². The monoisotopic (exact) mass is 652 g/mol. The van der Waals surface area contributed by atoms with Crippen molar-refractivity contribution < 1.29 is 26.2 Å². The zero-order valence-electron chi connectivity index (χ0n) is 28.0. The molecule has 0 aromatic heterocycles. The summed E-state index contributed by atoms with van der Waals surface area (Å²) < 4.78 is 0. The molecule has 1 heteroatoms. The van der Waals surface area contributed by atoms with Gasteiger partial charge in [0.15, 0.2) is 0 Å². The smallest absolute Gasteiger partial charge is 0.358 e. The molecule has 0 heterocycles. The van der Waals surface area contributed by atoms with Gasteiger partial charge >= 0.3 is 26.2 Å². The molecule has 0 bridgehead atoms. The van der Waals surface area contributed by atoms with E-state index in [-0.39, 0.29) is 51.9 Å². The Morgan fingerprint density at radius 1 is 0.614 bits per heavy atom. The largest absolute Gasteiger partial charge is 4.00 e. The number of fused-ring (bicyclic) bond motifs is 5. The Balaban J connectivity index is 0.000000225. The molecule has 44 heavy (non-hydrogen) atoms. The van der Waals surface area contributed by atoms with Crippen molar-refractivity contribution in [3.8, 4) is 22.3 Å². The van der Waals surface area contributed by atoms with E-state index in [0.29, 0.717) is 0 Å². The quantitative estimate of drug-likeness (QED) is 0.155. The predicted octanol–water partition coefficient (Wildman–Crippen LogP) is 12.2. The topological polar surface area (TPSA) is 0 Å². The van der Waals surface area contributed by atoms with Gasteiger partial charge in [0.2, 0.25) is 0 Å². The van der Waals surface area contributed by atoms with E-state index in [1.807, 2.05) is 0 Å². The Bertz CT molecular complexity index is 1820. The van der Waals surface area contributed by atoms with Crippen LogP contribution in [-0.2, 0) is 43.5 Å². The van der Waals surface area contributed by atoms with Crippen molar-refractivity contribution >= 4 is 21.5 Å². The van der Waals surface area contributed by atoms with E-state index in [1.165, 1.54) is 71.6 Å². The van der Waals surface area contributed by atoms with Crippen molar-refractivity contribution in [3.63, 3.8) is 0 Å². The molecule has 222 valence electrons. The average molecular weight is 654 g/mol. The Morgan fingerprint density at radius 2 is 1.27 bits per heavy atom. The zero-order chi connectivity index (χ0) is 28.9. The van der Waals surface area contributed by atoms with Gasteiger partial charge in [0.25, 0.3) is 0 Å². The summed E-state index contributed by atoms with van der Waals surface area (Å²) in [6.07, 6.45) is 1.03. The maximum Gasteiger partial charge on any atom is 4.00 e. The molecule has 0 N–H and O–H groups in total. The van der Waals surface area contributed by atoms with E-state index in [9.17, 15) is 0 Å². The zero-order valence-corrected chi connectivity index (χ0v) is 30.5. The normalized spacial score (nSPS) is 11.8. The maximum atomic E-state index is 3.67. The molecular weight excluding hydrogens is 608 g/mol. The van der Waals surface area contributed by atoms with Gasteiger partial charge in [-0.2, -0.15) is 23.8 Å². The summed E-state index contributed by atoms with van der Waals surface area (Å²) >= 11 is 0. The summed E-state index contributed by atoms with van der Waals surface area (Å²) in [6.45, 7) is 15.8. The number of benzene rings is 5. The summed E-state index contributed by atoms with van der Waals surface area (Å²) in [4.78, 5) is 0. The van der Waals surface area contributed by atoms with Crippen molar-refractivity contribution in [1.29, 1.82) is 0 Å². The molecule has 0 aliphatic heterocycles. The Labute approximate surface area is 286 Å². The van der Waals surface area contributed by atoms with Crippen LogP contribution in [0.4, 0.5) is 0 Å². The van der Waals surface area contributed by atoms with Crippen molar-refractivity contribution in [1.82, 2.24) is 0 Å². The second kappa shape index (κ2) is 13.5. The molecule has 0 fully saturated rings. The first-order chi connectivity index (χ1) is 19.5. The Hall–Kier alpha value is -3.15. The second-order valence-corrected chi connectivity index (χ2v) is 13.6. The third-order valence-electron chi connectivity index (χ3n) is 8.57. The van der Waals surface area contributed by atoms with Gasteiger partial charge in [0.05, 0.1) is 0 Å². The molecule has 0 saturated heterocycles. The van der Waals surface area contributed by atoms with E-state index in [0.717, 1.165) is 6.42 Å². The number of rotatable bonds is 1. The SMILES string of the molecule is CC(C)(C)c1[c-]c2c(cc1)-c1ccc(C(C)(C)C)cc1C2.Cc1cccc2c(-c3c[cH-]c4ccccc34)cccc12.[CH3-].[CH3-].[Zr+4]. The predicted molar refractivity (Wildman–Crippen MR) is 191 cm³/mol. The standard InChI is InChI=1S/C21H25.C20H15.2CH3.Zr/c1-20(2,3)16-7-9-18-14(12-16)11-15-13-17(21(4,5)6)8-10-19(15)18;1-14-6-4-10-18-16(14)9-5-11-19(18)20-13-12-15-7-2-3-8-17(15)20;;;/h7-10,12H,11H2,1-6H3;2-13H,1H3;2*1H3;/q4*-1;+4. The van der Waals surface area contributed by atoms with Crippen LogP contribution in [0.5, 0.6) is 0 Å². The fourth-order valence-corrected chi connectivity index (χ4v) is 6.12. The van der Waals surface area contributed by atoms with E-state index in [2.05, 4.69) is 158 Å². The molecule has 0 amide bonds. The minimum Gasteiger partial charge on any atom is -0.358 e. The fourth-order valence-electron chi connectivity index (χ4n) is 6.12. The van der Waals surface area contributed by atoms with Crippen LogP contribution in [0.2, 0.25) is 0 Å². The Kier molecular flexibility index (Phi) is 10.8. The summed E-state index contributed by atoms with van der Waals surface area (Å²) in [5, 5.41) is 5.33. The van der Waals surface area contributed by atoms with Gasteiger partial charge in [-0.25, -0.2) is 0 Å². The molecule has 7 rings (SSSR count). The fraction of sp³-hybridized carbons (Fsp3) is 0.233. The average Bonchev–Trinajstić information content (AvgIpc) is 3.53. The molecule has 6 aromatic rings. The van der Waals surface area contributed by atoms with Gasteiger partial charge in [0, 0.05) is 0 Å². The molecule has 1 aliphatic carbocycles. The van der Waals surface area contributed by atoms with E-state index in [4.69, 9.17) is 0 Å². The van der Waals surface area contributed by atoms with Crippen molar-refractivity contribution in [3.05, 3.63) is 152 Å². The van der Waals surface area contributed by atoms with Crippen LogP contribution >= 0.6 is 0 Å².